The number of piperidine rings is 1. The van der Waals surface area contributed by atoms with Crippen LogP contribution in [-0.4, -0.2) is 75.3 Å². The van der Waals surface area contributed by atoms with Crippen LogP contribution in [0.15, 0.2) is 83.3 Å². The van der Waals surface area contributed by atoms with E-state index in [1.165, 1.54) is 0 Å². The number of para-hydroxylation sites is 2. The standard InChI is InChI=1S/C31H32BrN5O2/c32-25-10-12-26(13-11-25)37-28-9-5-4-8-27(28)33-29(37)22-34-16-14-24(15-17-34)31(39)36-20-18-35(19-21-36)30(38)23-6-2-1-3-7-23/h1-13,24H,14-22H2. The number of aromatic nitrogens is 2. The Hall–Kier alpha value is -3.49. The molecule has 2 saturated heterocycles. The second-order valence-electron chi connectivity index (χ2n) is 10.4. The highest BCUT2D eigenvalue weighted by Crippen LogP contribution is 2.26. The maximum absolute atomic E-state index is 13.3. The molecular formula is C31H32BrN5O2. The summed E-state index contributed by atoms with van der Waals surface area (Å²) in [5, 5.41) is 0. The zero-order valence-electron chi connectivity index (χ0n) is 21.9. The number of halogens is 1. The molecule has 2 aliphatic rings. The van der Waals surface area contributed by atoms with Gasteiger partial charge in [0.15, 0.2) is 0 Å². The SMILES string of the molecule is O=C(c1ccccc1)N1CCN(C(=O)C2CCN(Cc3nc4ccccc4n3-c3ccc(Br)cc3)CC2)CC1. The largest absolute Gasteiger partial charge is 0.339 e. The molecule has 6 rings (SSSR count). The van der Waals surface area contributed by atoms with Crippen molar-refractivity contribution in [2.24, 2.45) is 5.92 Å². The third kappa shape index (κ3) is 5.49. The van der Waals surface area contributed by atoms with Crippen LogP contribution in [0.5, 0.6) is 0 Å². The molecule has 2 aliphatic heterocycles. The van der Waals surface area contributed by atoms with Gasteiger partial charge in [0.1, 0.15) is 5.82 Å². The van der Waals surface area contributed by atoms with Gasteiger partial charge in [-0.05, 0) is 74.5 Å². The molecule has 4 aromatic rings. The number of benzene rings is 3. The van der Waals surface area contributed by atoms with Crippen LogP contribution in [0, 0.1) is 5.92 Å². The molecule has 200 valence electrons. The zero-order chi connectivity index (χ0) is 26.8. The number of carbonyl (C=O) groups excluding carboxylic acids is 2. The summed E-state index contributed by atoms with van der Waals surface area (Å²) in [7, 11) is 0. The highest BCUT2D eigenvalue weighted by molar-refractivity contribution is 9.10. The molecule has 0 atom stereocenters. The lowest BCUT2D eigenvalue weighted by atomic mass is 9.95. The van der Waals surface area contributed by atoms with Crippen molar-refractivity contribution in [2.45, 2.75) is 19.4 Å². The minimum Gasteiger partial charge on any atom is -0.339 e. The lowest BCUT2D eigenvalue weighted by Gasteiger charge is -2.38. The molecule has 0 saturated carbocycles. The lowest BCUT2D eigenvalue weighted by molar-refractivity contribution is -0.138. The van der Waals surface area contributed by atoms with Crippen molar-refractivity contribution in [3.63, 3.8) is 0 Å². The van der Waals surface area contributed by atoms with E-state index in [0.29, 0.717) is 31.7 Å². The average molecular weight is 587 g/mol. The maximum Gasteiger partial charge on any atom is 0.253 e. The van der Waals surface area contributed by atoms with Crippen molar-refractivity contribution >= 4 is 38.8 Å². The molecule has 3 aromatic carbocycles. The van der Waals surface area contributed by atoms with Gasteiger partial charge in [-0.1, -0.05) is 46.3 Å². The summed E-state index contributed by atoms with van der Waals surface area (Å²) < 4.78 is 3.29. The van der Waals surface area contributed by atoms with Gasteiger partial charge in [-0.15, -0.1) is 0 Å². The number of rotatable bonds is 5. The fourth-order valence-electron chi connectivity index (χ4n) is 5.75. The van der Waals surface area contributed by atoms with Gasteiger partial charge in [-0.25, -0.2) is 4.98 Å². The van der Waals surface area contributed by atoms with E-state index in [2.05, 4.69) is 67.9 Å². The Morgan fingerprint density at radius 2 is 1.41 bits per heavy atom. The Morgan fingerprint density at radius 3 is 2.13 bits per heavy atom. The van der Waals surface area contributed by atoms with Crippen molar-refractivity contribution < 1.29 is 9.59 Å². The molecule has 1 aromatic heterocycles. The Bertz CT molecular complexity index is 1450. The summed E-state index contributed by atoms with van der Waals surface area (Å²) in [4.78, 5) is 37.3. The predicted molar refractivity (Wildman–Crippen MR) is 156 cm³/mol. The number of nitrogens with zero attached hydrogens (tertiary/aromatic N) is 5. The number of piperazine rings is 1. The summed E-state index contributed by atoms with van der Waals surface area (Å²) in [6.07, 6.45) is 1.70. The average Bonchev–Trinajstić information content (AvgIpc) is 3.35. The molecule has 7 nitrogen and oxygen atoms in total. The monoisotopic (exact) mass is 585 g/mol. The zero-order valence-corrected chi connectivity index (χ0v) is 23.5. The van der Waals surface area contributed by atoms with Crippen LogP contribution in [-0.2, 0) is 11.3 Å². The molecule has 0 aliphatic carbocycles. The number of carbonyl (C=O) groups is 2. The van der Waals surface area contributed by atoms with E-state index in [1.54, 1.807) is 0 Å². The lowest BCUT2D eigenvalue weighted by Crippen LogP contribution is -2.53. The second-order valence-corrected chi connectivity index (χ2v) is 11.3. The molecule has 0 radical (unpaired) electrons. The van der Waals surface area contributed by atoms with Crippen LogP contribution >= 0.6 is 15.9 Å². The fourth-order valence-corrected chi connectivity index (χ4v) is 6.01. The van der Waals surface area contributed by atoms with Gasteiger partial charge >= 0.3 is 0 Å². The quantitative estimate of drug-likeness (QED) is 0.331. The molecule has 0 N–H and O–H groups in total. The van der Waals surface area contributed by atoms with E-state index in [9.17, 15) is 9.59 Å². The summed E-state index contributed by atoms with van der Waals surface area (Å²) in [5.41, 5.74) is 3.89. The highest BCUT2D eigenvalue weighted by atomic mass is 79.9. The second kappa shape index (κ2) is 11.3. The smallest absolute Gasteiger partial charge is 0.253 e. The number of hydrogen-bond donors (Lipinski definition) is 0. The van der Waals surface area contributed by atoms with Crippen molar-refractivity contribution in [2.75, 3.05) is 39.3 Å². The molecule has 2 amide bonds. The predicted octanol–water partition coefficient (Wildman–Crippen LogP) is 4.98. The summed E-state index contributed by atoms with van der Waals surface area (Å²) in [5.74, 6) is 1.35. The first-order valence-electron chi connectivity index (χ1n) is 13.6. The normalized spacial score (nSPS) is 17.1. The minimum absolute atomic E-state index is 0.0444. The third-order valence-corrected chi connectivity index (χ3v) is 8.44. The first-order valence-corrected chi connectivity index (χ1v) is 14.4. The molecule has 0 bridgehead atoms. The van der Waals surface area contributed by atoms with E-state index >= 15 is 0 Å². The maximum atomic E-state index is 13.3. The van der Waals surface area contributed by atoms with Gasteiger partial charge in [0, 0.05) is 47.8 Å². The first-order chi connectivity index (χ1) is 19.1. The van der Waals surface area contributed by atoms with Gasteiger partial charge in [0.2, 0.25) is 5.91 Å². The van der Waals surface area contributed by atoms with Gasteiger partial charge in [0.05, 0.1) is 17.6 Å². The van der Waals surface area contributed by atoms with Gasteiger partial charge in [-0.3, -0.25) is 19.1 Å². The minimum atomic E-state index is 0.0444. The van der Waals surface area contributed by atoms with Crippen LogP contribution < -0.4 is 0 Å². The number of hydrogen-bond acceptors (Lipinski definition) is 4. The number of fused-ring (bicyclic) bond motifs is 1. The van der Waals surface area contributed by atoms with E-state index in [4.69, 9.17) is 4.98 Å². The molecule has 0 unspecified atom stereocenters. The van der Waals surface area contributed by atoms with Crippen molar-refractivity contribution in [3.05, 3.63) is 94.7 Å². The van der Waals surface area contributed by atoms with Crippen molar-refractivity contribution in [3.8, 4) is 5.69 Å². The molecule has 0 spiro atoms. The van der Waals surface area contributed by atoms with E-state index in [1.807, 2.05) is 46.2 Å². The van der Waals surface area contributed by atoms with E-state index < -0.39 is 0 Å². The Labute approximate surface area is 237 Å². The Balaban J connectivity index is 1.06. The fraction of sp³-hybridized carbons (Fsp3) is 0.323. The molecule has 39 heavy (non-hydrogen) atoms. The molecule has 2 fully saturated rings. The van der Waals surface area contributed by atoms with Crippen LogP contribution in [0.4, 0.5) is 0 Å². The number of amides is 2. The van der Waals surface area contributed by atoms with Crippen LogP contribution in [0.2, 0.25) is 0 Å². The summed E-state index contributed by atoms with van der Waals surface area (Å²) >= 11 is 3.54. The van der Waals surface area contributed by atoms with E-state index in [0.717, 1.165) is 59.5 Å². The number of imidazole rings is 1. The van der Waals surface area contributed by atoms with E-state index in [-0.39, 0.29) is 17.7 Å². The summed E-state index contributed by atoms with van der Waals surface area (Å²) in [6.45, 7) is 4.86. The van der Waals surface area contributed by atoms with Crippen LogP contribution in [0.1, 0.15) is 29.0 Å². The van der Waals surface area contributed by atoms with Crippen LogP contribution in [0.3, 0.4) is 0 Å². The Morgan fingerprint density at radius 1 is 0.769 bits per heavy atom. The third-order valence-electron chi connectivity index (χ3n) is 7.92. The highest BCUT2D eigenvalue weighted by Gasteiger charge is 2.32. The molecule has 3 heterocycles. The van der Waals surface area contributed by atoms with Gasteiger partial charge in [-0.2, -0.15) is 0 Å². The first kappa shape index (κ1) is 25.8. The van der Waals surface area contributed by atoms with Crippen molar-refractivity contribution in [1.29, 1.82) is 0 Å². The summed E-state index contributed by atoms with van der Waals surface area (Å²) in [6, 6.07) is 26.0. The Kier molecular flexibility index (Phi) is 7.48. The molecule has 8 heteroatoms. The number of likely N-dealkylation sites (tertiary alicyclic amines) is 1. The van der Waals surface area contributed by atoms with Gasteiger partial charge in [0.25, 0.3) is 5.91 Å². The van der Waals surface area contributed by atoms with Gasteiger partial charge < -0.3 is 9.80 Å². The van der Waals surface area contributed by atoms with Crippen LogP contribution in [0.25, 0.3) is 16.7 Å². The van der Waals surface area contributed by atoms with Crippen molar-refractivity contribution in [1.82, 2.24) is 24.3 Å². The topological polar surface area (TPSA) is 61.7 Å². The molecular weight excluding hydrogens is 554 g/mol.